The smallest absolute Gasteiger partial charge is 0.322 e. The van der Waals surface area contributed by atoms with Gasteiger partial charge in [0.2, 0.25) is 0 Å². The molecule has 0 aliphatic carbocycles. The van der Waals surface area contributed by atoms with Crippen LogP contribution in [0.5, 0.6) is 0 Å². The van der Waals surface area contributed by atoms with Gasteiger partial charge in [-0.15, -0.1) is 11.3 Å². The molecule has 0 aliphatic rings. The van der Waals surface area contributed by atoms with Crippen LogP contribution in [-0.2, 0) is 6.18 Å². The zero-order chi connectivity index (χ0) is 16.5. The van der Waals surface area contributed by atoms with Crippen LogP contribution in [-0.4, -0.2) is 10.9 Å². The van der Waals surface area contributed by atoms with Gasteiger partial charge in [0.05, 0.1) is 17.8 Å². The SMILES string of the molecule is Cc1ccc(NC(=O)c2cnc([C@@H](C)N)s2)cc1C(F)(F)F. The van der Waals surface area contributed by atoms with Crippen LogP contribution in [0.15, 0.2) is 24.4 Å². The number of nitrogens with two attached hydrogens (primary N) is 1. The highest BCUT2D eigenvalue weighted by Gasteiger charge is 2.32. The Morgan fingerprint density at radius 1 is 1.41 bits per heavy atom. The number of anilines is 1. The highest BCUT2D eigenvalue weighted by Crippen LogP contribution is 2.33. The molecule has 0 saturated heterocycles. The third kappa shape index (κ3) is 3.63. The molecule has 0 bridgehead atoms. The Morgan fingerprint density at radius 2 is 2.09 bits per heavy atom. The third-order valence-corrected chi connectivity index (χ3v) is 4.13. The molecule has 1 amide bonds. The van der Waals surface area contributed by atoms with Crippen molar-refractivity contribution in [3.05, 3.63) is 45.4 Å². The minimum absolute atomic E-state index is 0.0821. The average molecular weight is 329 g/mol. The van der Waals surface area contributed by atoms with Gasteiger partial charge >= 0.3 is 6.18 Å². The monoisotopic (exact) mass is 329 g/mol. The lowest BCUT2D eigenvalue weighted by Gasteiger charge is -2.12. The van der Waals surface area contributed by atoms with Gasteiger partial charge in [-0.2, -0.15) is 13.2 Å². The molecule has 8 heteroatoms. The van der Waals surface area contributed by atoms with Crippen molar-refractivity contribution in [1.82, 2.24) is 4.98 Å². The molecular weight excluding hydrogens is 315 g/mol. The maximum atomic E-state index is 12.8. The van der Waals surface area contributed by atoms with Crippen LogP contribution in [0.3, 0.4) is 0 Å². The second kappa shape index (κ2) is 6.05. The number of carbonyl (C=O) groups excluding carboxylic acids is 1. The van der Waals surface area contributed by atoms with Crippen LogP contribution in [0.4, 0.5) is 18.9 Å². The molecular formula is C14H14F3N3OS. The molecule has 2 rings (SSSR count). The first-order chi connectivity index (χ1) is 10.2. The fourth-order valence-corrected chi connectivity index (χ4v) is 2.57. The standard InChI is InChI=1S/C14H14F3N3OS/c1-7-3-4-9(5-10(7)14(15,16)17)20-12(21)11-6-19-13(22-11)8(2)18/h3-6,8H,18H2,1-2H3,(H,20,21)/t8-/m1/s1. The lowest BCUT2D eigenvalue weighted by molar-refractivity contribution is -0.138. The largest absolute Gasteiger partial charge is 0.416 e. The number of aryl methyl sites for hydroxylation is 1. The van der Waals surface area contributed by atoms with E-state index in [1.54, 1.807) is 6.92 Å². The lowest BCUT2D eigenvalue weighted by Crippen LogP contribution is -2.13. The van der Waals surface area contributed by atoms with Crippen LogP contribution in [0.1, 0.15) is 38.8 Å². The van der Waals surface area contributed by atoms with Crippen molar-refractivity contribution in [2.45, 2.75) is 26.1 Å². The molecule has 0 fully saturated rings. The molecule has 0 aliphatic heterocycles. The molecule has 3 N–H and O–H groups in total. The molecule has 118 valence electrons. The molecule has 1 atom stereocenters. The normalized spacial score (nSPS) is 13.0. The van der Waals surface area contributed by atoms with Gasteiger partial charge in [0.1, 0.15) is 9.88 Å². The number of aromatic nitrogens is 1. The number of hydrogen-bond acceptors (Lipinski definition) is 4. The summed E-state index contributed by atoms with van der Waals surface area (Å²) in [7, 11) is 0. The molecule has 0 unspecified atom stereocenters. The summed E-state index contributed by atoms with van der Waals surface area (Å²) in [5, 5.41) is 3.03. The molecule has 1 aromatic carbocycles. The number of rotatable bonds is 3. The van der Waals surface area contributed by atoms with Crippen LogP contribution in [0, 0.1) is 6.92 Å². The van der Waals surface area contributed by atoms with E-state index in [1.807, 2.05) is 0 Å². The van der Waals surface area contributed by atoms with Crippen LogP contribution < -0.4 is 11.1 Å². The van der Waals surface area contributed by atoms with Crippen molar-refractivity contribution >= 4 is 22.9 Å². The van der Waals surface area contributed by atoms with E-state index in [0.29, 0.717) is 9.88 Å². The lowest BCUT2D eigenvalue weighted by atomic mass is 10.1. The van der Waals surface area contributed by atoms with Crippen molar-refractivity contribution in [2.75, 3.05) is 5.32 Å². The minimum Gasteiger partial charge on any atom is -0.322 e. The summed E-state index contributed by atoms with van der Waals surface area (Å²) >= 11 is 1.11. The first kappa shape index (κ1) is 16.4. The van der Waals surface area contributed by atoms with Gasteiger partial charge in [-0.05, 0) is 31.5 Å². The van der Waals surface area contributed by atoms with Crippen molar-refractivity contribution in [3.8, 4) is 0 Å². The van der Waals surface area contributed by atoms with E-state index in [1.165, 1.54) is 25.3 Å². The van der Waals surface area contributed by atoms with Gasteiger partial charge in [-0.3, -0.25) is 4.79 Å². The van der Waals surface area contributed by atoms with E-state index in [0.717, 1.165) is 17.4 Å². The van der Waals surface area contributed by atoms with Crippen molar-refractivity contribution in [2.24, 2.45) is 5.73 Å². The summed E-state index contributed by atoms with van der Waals surface area (Å²) in [5.41, 5.74) is 5.06. The van der Waals surface area contributed by atoms with Crippen LogP contribution in [0.25, 0.3) is 0 Å². The van der Waals surface area contributed by atoms with E-state index in [2.05, 4.69) is 10.3 Å². The summed E-state index contributed by atoms with van der Waals surface area (Å²) in [4.78, 5) is 16.3. The second-order valence-corrected chi connectivity index (χ2v) is 5.90. The zero-order valence-electron chi connectivity index (χ0n) is 11.9. The van der Waals surface area contributed by atoms with Gasteiger partial charge in [-0.1, -0.05) is 6.07 Å². The number of nitrogens with zero attached hydrogens (tertiary/aromatic N) is 1. The number of nitrogens with one attached hydrogen (secondary N) is 1. The number of carbonyl (C=O) groups is 1. The Balaban J connectivity index is 2.21. The quantitative estimate of drug-likeness (QED) is 0.901. The van der Waals surface area contributed by atoms with E-state index >= 15 is 0 Å². The fraction of sp³-hybridized carbons (Fsp3) is 0.286. The topological polar surface area (TPSA) is 68.0 Å². The predicted octanol–water partition coefficient (Wildman–Crippen LogP) is 3.74. The van der Waals surface area contributed by atoms with Gasteiger partial charge in [0.15, 0.2) is 0 Å². The van der Waals surface area contributed by atoms with Gasteiger partial charge < -0.3 is 11.1 Å². The maximum Gasteiger partial charge on any atom is 0.416 e. The summed E-state index contributed by atoms with van der Waals surface area (Å²) < 4.78 is 38.5. The predicted molar refractivity (Wildman–Crippen MR) is 78.9 cm³/mol. The highest BCUT2D eigenvalue weighted by atomic mass is 32.1. The second-order valence-electron chi connectivity index (χ2n) is 4.83. The van der Waals surface area contributed by atoms with E-state index in [4.69, 9.17) is 5.73 Å². The Morgan fingerprint density at radius 3 is 2.64 bits per heavy atom. The Labute approximate surface area is 129 Å². The summed E-state index contributed by atoms with van der Waals surface area (Å²) in [5.74, 6) is -0.513. The van der Waals surface area contributed by atoms with Crippen LogP contribution in [0.2, 0.25) is 0 Å². The highest BCUT2D eigenvalue weighted by molar-refractivity contribution is 7.13. The molecule has 0 spiro atoms. The van der Waals surface area contributed by atoms with E-state index < -0.39 is 17.6 Å². The molecule has 4 nitrogen and oxygen atoms in total. The van der Waals surface area contributed by atoms with Crippen LogP contribution >= 0.6 is 11.3 Å². The van der Waals surface area contributed by atoms with Crippen molar-refractivity contribution in [1.29, 1.82) is 0 Å². The number of alkyl halides is 3. The first-order valence-electron chi connectivity index (χ1n) is 6.39. The number of amides is 1. The van der Waals surface area contributed by atoms with Gasteiger partial charge in [0, 0.05) is 5.69 Å². The Hall–Kier alpha value is -1.93. The Kier molecular flexibility index (Phi) is 4.52. The van der Waals surface area contributed by atoms with E-state index in [-0.39, 0.29) is 17.3 Å². The fourth-order valence-electron chi connectivity index (χ4n) is 1.80. The molecule has 1 heterocycles. The summed E-state index contributed by atoms with van der Waals surface area (Å²) in [6.07, 6.45) is -3.10. The van der Waals surface area contributed by atoms with Gasteiger partial charge in [-0.25, -0.2) is 4.98 Å². The molecule has 0 radical (unpaired) electrons. The number of halogens is 3. The first-order valence-corrected chi connectivity index (χ1v) is 7.20. The molecule has 22 heavy (non-hydrogen) atoms. The Bertz CT molecular complexity index is 695. The molecule has 0 saturated carbocycles. The number of hydrogen-bond donors (Lipinski definition) is 2. The number of thiazole rings is 1. The third-order valence-electron chi connectivity index (χ3n) is 2.94. The zero-order valence-corrected chi connectivity index (χ0v) is 12.7. The van der Waals surface area contributed by atoms with Gasteiger partial charge in [0.25, 0.3) is 5.91 Å². The minimum atomic E-state index is -4.46. The van der Waals surface area contributed by atoms with E-state index in [9.17, 15) is 18.0 Å². The summed E-state index contributed by atoms with van der Waals surface area (Å²) in [6, 6.07) is 3.36. The maximum absolute atomic E-state index is 12.8. The van der Waals surface area contributed by atoms with Crippen molar-refractivity contribution < 1.29 is 18.0 Å². The average Bonchev–Trinajstić information content (AvgIpc) is 2.89. The summed E-state index contributed by atoms with van der Waals surface area (Å²) in [6.45, 7) is 3.10. The van der Waals surface area contributed by atoms with Crippen molar-refractivity contribution in [3.63, 3.8) is 0 Å². The molecule has 1 aromatic heterocycles. The number of benzene rings is 1. The molecule has 2 aromatic rings.